The second-order valence-electron chi connectivity index (χ2n) is 1.83. The molecule has 0 radical (unpaired) electrons. The van der Waals surface area contributed by atoms with Crippen LogP contribution in [0.15, 0.2) is 33.8 Å². The highest BCUT2D eigenvalue weighted by atomic mass is 79.9. The van der Waals surface area contributed by atoms with E-state index in [1.807, 2.05) is 24.3 Å². The van der Waals surface area contributed by atoms with Gasteiger partial charge in [0, 0.05) is 4.47 Å². The van der Waals surface area contributed by atoms with E-state index in [0.717, 1.165) is 10.0 Å². The molecular weight excluding hydrogens is 192 g/mol. The van der Waals surface area contributed by atoms with Crippen LogP contribution in [-0.4, -0.2) is 6.21 Å². The van der Waals surface area contributed by atoms with Crippen molar-refractivity contribution < 1.29 is 0 Å². The minimum atomic E-state index is 1.01. The summed E-state index contributed by atoms with van der Waals surface area (Å²) in [5.41, 5.74) is 1.01. The Labute approximate surface area is 67.9 Å². The van der Waals surface area contributed by atoms with E-state index in [2.05, 4.69) is 21.0 Å². The molecule has 0 bridgehead atoms. The van der Waals surface area contributed by atoms with Crippen molar-refractivity contribution in [3.8, 4) is 0 Å². The largest absolute Gasteiger partial charge is 0.323 e. The number of nitrogens with zero attached hydrogens (tertiary/aromatic N) is 1. The number of benzene rings is 1. The van der Waals surface area contributed by atoms with Crippen molar-refractivity contribution in [2.45, 2.75) is 0 Å². The summed E-state index contributed by atoms with van der Waals surface area (Å²) in [6, 6.07) is 7.74. The Morgan fingerprint density at radius 2 is 1.90 bits per heavy atom. The van der Waals surface area contributed by atoms with Gasteiger partial charge in [0.15, 0.2) is 0 Å². The zero-order valence-corrected chi connectivity index (χ0v) is 6.88. The maximum absolute atomic E-state index is 4.96. The van der Waals surface area contributed by atoms with Crippen molar-refractivity contribution >= 4 is 22.1 Å². The van der Waals surface area contributed by atoms with E-state index in [9.17, 15) is 0 Å². The fraction of sp³-hybridized carbons (Fsp3) is 0. The molecule has 0 aliphatic rings. The van der Waals surface area contributed by atoms with Gasteiger partial charge in [0.25, 0.3) is 0 Å². The summed E-state index contributed by atoms with van der Waals surface area (Å²) in [5, 5.41) is 3.40. The standard InChI is InChI=1S/C7H7BrN2/c8-7-3-1-6(2-4-7)5-10-9/h1-5H,9H2/b10-5-. The molecule has 0 saturated heterocycles. The highest BCUT2D eigenvalue weighted by Crippen LogP contribution is 2.08. The fourth-order valence-electron chi connectivity index (χ4n) is 0.635. The first-order chi connectivity index (χ1) is 4.83. The number of hydrogen-bond acceptors (Lipinski definition) is 2. The van der Waals surface area contributed by atoms with Crippen LogP contribution in [0.3, 0.4) is 0 Å². The summed E-state index contributed by atoms with van der Waals surface area (Å²) in [4.78, 5) is 0. The molecule has 0 fully saturated rings. The van der Waals surface area contributed by atoms with Gasteiger partial charge in [-0.05, 0) is 17.7 Å². The van der Waals surface area contributed by atoms with Crippen LogP contribution in [0.2, 0.25) is 0 Å². The van der Waals surface area contributed by atoms with E-state index < -0.39 is 0 Å². The molecule has 10 heavy (non-hydrogen) atoms. The molecular formula is C7H7BrN2. The molecule has 0 amide bonds. The van der Waals surface area contributed by atoms with Gasteiger partial charge < -0.3 is 5.84 Å². The van der Waals surface area contributed by atoms with Crippen LogP contribution in [0.5, 0.6) is 0 Å². The van der Waals surface area contributed by atoms with Crippen LogP contribution in [0.25, 0.3) is 0 Å². The first-order valence-electron chi connectivity index (χ1n) is 2.82. The Kier molecular flexibility index (Phi) is 2.45. The van der Waals surface area contributed by atoms with E-state index in [4.69, 9.17) is 5.84 Å². The lowest BCUT2D eigenvalue weighted by atomic mass is 10.2. The van der Waals surface area contributed by atoms with Gasteiger partial charge in [0.1, 0.15) is 0 Å². The van der Waals surface area contributed by atoms with Gasteiger partial charge in [-0.15, -0.1) is 0 Å². The van der Waals surface area contributed by atoms with Crippen LogP contribution in [0.1, 0.15) is 5.56 Å². The lowest BCUT2D eigenvalue weighted by Gasteiger charge is -1.90. The quantitative estimate of drug-likeness (QED) is 0.417. The first kappa shape index (κ1) is 7.28. The predicted octanol–water partition coefficient (Wildman–Crippen LogP) is 1.74. The van der Waals surface area contributed by atoms with Crippen LogP contribution in [0.4, 0.5) is 0 Å². The van der Waals surface area contributed by atoms with Crippen LogP contribution < -0.4 is 5.84 Å². The van der Waals surface area contributed by atoms with Gasteiger partial charge in [-0.2, -0.15) is 5.10 Å². The molecule has 0 unspecified atom stereocenters. The van der Waals surface area contributed by atoms with Gasteiger partial charge in [0.05, 0.1) is 6.21 Å². The van der Waals surface area contributed by atoms with Crippen molar-refractivity contribution in [1.82, 2.24) is 0 Å². The van der Waals surface area contributed by atoms with Gasteiger partial charge >= 0.3 is 0 Å². The third-order valence-corrected chi connectivity index (χ3v) is 1.62. The van der Waals surface area contributed by atoms with Crippen molar-refractivity contribution in [3.05, 3.63) is 34.3 Å². The number of halogens is 1. The second kappa shape index (κ2) is 3.37. The average molecular weight is 199 g/mol. The maximum Gasteiger partial charge on any atom is 0.0538 e. The molecule has 1 aromatic carbocycles. The predicted molar refractivity (Wildman–Crippen MR) is 45.9 cm³/mol. The Hall–Kier alpha value is -0.830. The molecule has 0 spiro atoms. The van der Waals surface area contributed by atoms with Crippen LogP contribution in [-0.2, 0) is 0 Å². The summed E-state index contributed by atoms with van der Waals surface area (Å²) >= 11 is 3.32. The molecule has 1 rings (SSSR count). The number of nitrogens with two attached hydrogens (primary N) is 1. The van der Waals surface area contributed by atoms with E-state index >= 15 is 0 Å². The fourth-order valence-corrected chi connectivity index (χ4v) is 0.899. The summed E-state index contributed by atoms with van der Waals surface area (Å²) in [5.74, 6) is 4.96. The Morgan fingerprint density at radius 1 is 1.30 bits per heavy atom. The van der Waals surface area contributed by atoms with E-state index in [-0.39, 0.29) is 0 Å². The van der Waals surface area contributed by atoms with Crippen LogP contribution in [0, 0.1) is 0 Å². The Morgan fingerprint density at radius 3 is 2.40 bits per heavy atom. The molecule has 0 aliphatic heterocycles. The number of rotatable bonds is 1. The number of hydrogen-bond donors (Lipinski definition) is 1. The van der Waals surface area contributed by atoms with Crippen molar-refractivity contribution in [1.29, 1.82) is 0 Å². The van der Waals surface area contributed by atoms with E-state index in [1.54, 1.807) is 6.21 Å². The summed E-state index contributed by atoms with van der Waals surface area (Å²) in [7, 11) is 0. The maximum atomic E-state index is 4.96. The highest BCUT2D eigenvalue weighted by Gasteiger charge is 1.85. The Bertz CT molecular complexity index is 228. The first-order valence-corrected chi connectivity index (χ1v) is 3.61. The highest BCUT2D eigenvalue weighted by molar-refractivity contribution is 9.10. The van der Waals surface area contributed by atoms with Gasteiger partial charge in [-0.25, -0.2) is 0 Å². The van der Waals surface area contributed by atoms with Crippen LogP contribution >= 0.6 is 15.9 Å². The zero-order valence-electron chi connectivity index (χ0n) is 5.29. The van der Waals surface area contributed by atoms with Gasteiger partial charge in [0.2, 0.25) is 0 Å². The van der Waals surface area contributed by atoms with Gasteiger partial charge in [-0.1, -0.05) is 28.1 Å². The molecule has 52 valence electrons. The molecule has 0 heterocycles. The molecule has 0 saturated carbocycles. The smallest absolute Gasteiger partial charge is 0.0538 e. The van der Waals surface area contributed by atoms with E-state index in [0.29, 0.717) is 0 Å². The van der Waals surface area contributed by atoms with Gasteiger partial charge in [-0.3, -0.25) is 0 Å². The third-order valence-electron chi connectivity index (χ3n) is 1.09. The lowest BCUT2D eigenvalue weighted by molar-refractivity contribution is 1.26. The summed E-state index contributed by atoms with van der Waals surface area (Å²) < 4.78 is 1.06. The third kappa shape index (κ3) is 1.84. The summed E-state index contributed by atoms with van der Waals surface area (Å²) in [6.45, 7) is 0. The SMILES string of the molecule is N/N=C\c1ccc(Br)cc1. The summed E-state index contributed by atoms with van der Waals surface area (Å²) in [6.07, 6.45) is 1.60. The molecule has 3 heteroatoms. The Balaban J connectivity index is 2.89. The molecule has 0 aromatic heterocycles. The van der Waals surface area contributed by atoms with Crippen molar-refractivity contribution in [3.63, 3.8) is 0 Å². The topological polar surface area (TPSA) is 38.4 Å². The molecule has 0 atom stereocenters. The van der Waals surface area contributed by atoms with Crippen molar-refractivity contribution in [2.24, 2.45) is 10.9 Å². The molecule has 2 nitrogen and oxygen atoms in total. The molecule has 0 aliphatic carbocycles. The molecule has 2 N–H and O–H groups in total. The average Bonchev–Trinajstić information content (AvgIpc) is 1.95. The zero-order chi connectivity index (χ0) is 7.40. The van der Waals surface area contributed by atoms with E-state index in [1.165, 1.54) is 0 Å². The second-order valence-corrected chi connectivity index (χ2v) is 2.75. The lowest BCUT2D eigenvalue weighted by Crippen LogP contribution is -1.84. The minimum absolute atomic E-state index is 1.01. The minimum Gasteiger partial charge on any atom is -0.323 e. The molecule has 1 aromatic rings. The normalized spacial score (nSPS) is 10.5. The monoisotopic (exact) mass is 198 g/mol. The number of hydrazone groups is 1. The van der Waals surface area contributed by atoms with Crippen molar-refractivity contribution in [2.75, 3.05) is 0 Å².